The Labute approximate surface area is 358 Å². The summed E-state index contributed by atoms with van der Waals surface area (Å²) in [5, 5.41) is 28.4. The molecule has 326 valence electrons. The summed E-state index contributed by atoms with van der Waals surface area (Å²) in [6.45, 7) is 6.69. The van der Waals surface area contributed by atoms with Crippen molar-refractivity contribution in [2.45, 2.75) is 39.5 Å². The Morgan fingerprint density at radius 2 is 1.12 bits per heavy atom. The third-order valence-corrected chi connectivity index (χ3v) is 9.75. The number of allylic oxidation sites excluding steroid dienone is 2. The summed E-state index contributed by atoms with van der Waals surface area (Å²) in [4.78, 5) is 62.2. The Balaban J connectivity index is 0.000000323. The molecule has 0 bridgehead atoms. The second kappa shape index (κ2) is 24.9. The first-order chi connectivity index (χ1) is 28.8. The lowest BCUT2D eigenvalue weighted by Crippen LogP contribution is -2.35. The molecule has 2 unspecified atom stereocenters. The molecule has 2 aliphatic rings. The van der Waals surface area contributed by atoms with Gasteiger partial charge in [-0.25, -0.2) is 14.4 Å². The minimum absolute atomic E-state index is 0.0180. The van der Waals surface area contributed by atoms with Crippen LogP contribution in [0.2, 0.25) is 10.0 Å². The average molecular weight is 876 g/mol. The van der Waals surface area contributed by atoms with Crippen molar-refractivity contribution in [1.82, 2.24) is 16.0 Å². The number of benzene rings is 2. The zero-order valence-corrected chi connectivity index (χ0v) is 35.7. The molecule has 0 aromatic heterocycles. The van der Waals surface area contributed by atoms with E-state index in [4.69, 9.17) is 47.9 Å². The fourth-order valence-electron chi connectivity index (χ4n) is 6.60. The third kappa shape index (κ3) is 12.7. The maximum Gasteiger partial charge on any atom is 0.406 e. The first-order valence-electron chi connectivity index (χ1n) is 19.0. The van der Waals surface area contributed by atoms with E-state index in [9.17, 15) is 34.2 Å². The van der Waals surface area contributed by atoms with Gasteiger partial charge in [0.2, 0.25) is 0 Å². The number of aliphatic hydroxyl groups is 2. The van der Waals surface area contributed by atoms with Crippen molar-refractivity contribution in [2.24, 2.45) is 5.73 Å². The van der Waals surface area contributed by atoms with Gasteiger partial charge in [0.05, 0.1) is 69.3 Å². The summed E-state index contributed by atoms with van der Waals surface area (Å²) in [6, 6.07) is 13.8. The molecule has 0 aliphatic carbocycles. The highest BCUT2D eigenvalue weighted by atomic mass is 35.5. The van der Waals surface area contributed by atoms with E-state index in [0.29, 0.717) is 57.1 Å². The smallest absolute Gasteiger partial charge is 0.406 e. The van der Waals surface area contributed by atoms with Crippen LogP contribution in [0.25, 0.3) is 0 Å². The van der Waals surface area contributed by atoms with Gasteiger partial charge in [0.25, 0.3) is 0 Å². The zero-order chi connectivity index (χ0) is 44.4. The molecule has 7 N–H and O–H groups in total. The first kappa shape index (κ1) is 49.3. The second-order valence-electron chi connectivity index (χ2n) is 12.9. The van der Waals surface area contributed by atoms with Gasteiger partial charge in [-0.3, -0.25) is 9.59 Å². The molecule has 0 fully saturated rings. The fourth-order valence-corrected chi connectivity index (χ4v) is 7.09. The average Bonchev–Trinajstić information content (AvgIpc) is 3.23. The van der Waals surface area contributed by atoms with Crippen LogP contribution in [0.4, 0.5) is 4.79 Å². The van der Waals surface area contributed by atoms with E-state index >= 15 is 0 Å². The number of ether oxygens (including phenoxy) is 5. The Morgan fingerprint density at radius 1 is 0.700 bits per heavy atom. The molecule has 4 rings (SSSR count). The van der Waals surface area contributed by atoms with Gasteiger partial charge in [-0.15, -0.1) is 0 Å². The van der Waals surface area contributed by atoms with Gasteiger partial charge >= 0.3 is 18.0 Å². The number of hydrogen-bond donors (Lipinski definition) is 6. The number of Topliss-reactive ketones (excluding diaryl/α,β-unsaturated/α-hetero) is 2. The predicted molar refractivity (Wildman–Crippen MR) is 223 cm³/mol. The van der Waals surface area contributed by atoms with Crippen molar-refractivity contribution < 1.29 is 57.9 Å². The van der Waals surface area contributed by atoms with Crippen LogP contribution < -0.4 is 21.7 Å². The van der Waals surface area contributed by atoms with Crippen LogP contribution in [0.1, 0.15) is 50.7 Å². The number of dihydropyridines is 2. The molecule has 0 radical (unpaired) electrons. The Bertz CT molecular complexity index is 2010. The molecule has 0 saturated heterocycles. The number of carbonyl (C=O) groups is 5. The number of carbonyl (C=O) groups excluding carboxylic acids is 5. The number of aliphatic hydroxyl groups excluding tert-OH is 2. The Kier molecular flexibility index (Phi) is 20.4. The maximum atomic E-state index is 13.0. The lowest BCUT2D eigenvalue weighted by Gasteiger charge is -2.32. The van der Waals surface area contributed by atoms with Crippen LogP contribution in [-0.4, -0.2) is 113 Å². The minimum atomic E-state index is -0.851. The number of hydrogen-bond acceptors (Lipinski definition) is 15. The van der Waals surface area contributed by atoms with Gasteiger partial charge in [0, 0.05) is 57.5 Å². The molecular weight excluding hydrogens is 823 g/mol. The molecule has 2 aromatic rings. The minimum Gasteiger partial charge on any atom is -0.463 e. The molecule has 2 heterocycles. The molecule has 2 aromatic carbocycles. The van der Waals surface area contributed by atoms with E-state index < -0.39 is 54.6 Å². The molecule has 0 saturated carbocycles. The number of halogens is 2. The van der Waals surface area contributed by atoms with Crippen molar-refractivity contribution in [3.63, 3.8) is 0 Å². The summed E-state index contributed by atoms with van der Waals surface area (Å²) < 4.78 is 26.2. The van der Waals surface area contributed by atoms with Gasteiger partial charge in [-0.05, 0) is 51.0 Å². The monoisotopic (exact) mass is 874 g/mol. The van der Waals surface area contributed by atoms with E-state index in [0.717, 1.165) is 0 Å². The van der Waals surface area contributed by atoms with E-state index in [1.165, 1.54) is 7.11 Å². The van der Waals surface area contributed by atoms with Gasteiger partial charge in [0.15, 0.2) is 11.6 Å². The summed E-state index contributed by atoms with van der Waals surface area (Å²) in [6.07, 6.45) is -0.583. The van der Waals surface area contributed by atoms with Crippen LogP contribution in [0, 0.1) is 0 Å². The quantitative estimate of drug-likeness (QED) is 0.0671. The number of alkyl carbamates (subject to hydrolysis) is 1. The molecule has 0 spiro atoms. The number of nitrogens with two attached hydrogens (primary N) is 1. The van der Waals surface area contributed by atoms with Crippen LogP contribution in [0.3, 0.4) is 0 Å². The van der Waals surface area contributed by atoms with Gasteiger partial charge in [0.1, 0.15) is 13.2 Å². The van der Waals surface area contributed by atoms with Crippen LogP contribution >= 0.6 is 23.2 Å². The molecular formula is C42H52Cl2N4O12. The normalized spacial score (nSPS) is 16.3. The van der Waals surface area contributed by atoms with E-state index in [2.05, 4.69) is 20.7 Å². The zero-order valence-electron chi connectivity index (χ0n) is 34.2. The van der Waals surface area contributed by atoms with E-state index in [1.54, 1.807) is 76.2 Å². The summed E-state index contributed by atoms with van der Waals surface area (Å²) in [7, 11) is 1.26. The maximum absolute atomic E-state index is 13.0. The summed E-state index contributed by atoms with van der Waals surface area (Å²) in [5.74, 6) is -3.89. The van der Waals surface area contributed by atoms with Crippen molar-refractivity contribution >= 4 is 52.8 Å². The molecule has 1 amide bonds. The van der Waals surface area contributed by atoms with Crippen molar-refractivity contribution in [2.75, 3.05) is 73.1 Å². The number of ketones is 2. The van der Waals surface area contributed by atoms with Crippen LogP contribution in [0.15, 0.2) is 93.6 Å². The SMILES string of the molecule is CCOC(=O)C1=C(COCCN)NC(C)=C(C(=O)CO)C1c1ccccc1Cl.CCOC(=O)C1=C(COCCNC(=O)OC)NC(C)=C(C(=O)CO)C1c1ccccc1Cl. The highest BCUT2D eigenvalue weighted by Gasteiger charge is 2.40. The fraction of sp³-hybridized carbons (Fsp3) is 0.405. The Morgan fingerprint density at radius 3 is 1.48 bits per heavy atom. The molecule has 16 nitrogen and oxygen atoms in total. The van der Waals surface area contributed by atoms with Gasteiger partial charge in [-0.1, -0.05) is 59.6 Å². The number of amides is 1. The molecule has 60 heavy (non-hydrogen) atoms. The molecule has 2 aliphatic heterocycles. The number of nitrogens with one attached hydrogen (secondary N) is 3. The van der Waals surface area contributed by atoms with Gasteiger partial charge < -0.3 is 55.6 Å². The lowest BCUT2D eigenvalue weighted by molar-refractivity contribution is -0.140. The molecule has 2 atom stereocenters. The first-order valence-corrected chi connectivity index (χ1v) is 19.8. The van der Waals surface area contributed by atoms with E-state index in [1.807, 2.05) is 0 Å². The topological polar surface area (TPSA) is 234 Å². The predicted octanol–water partition coefficient (Wildman–Crippen LogP) is 3.71. The van der Waals surface area contributed by atoms with Gasteiger partial charge in [-0.2, -0.15) is 0 Å². The van der Waals surface area contributed by atoms with E-state index in [-0.39, 0.29) is 61.9 Å². The highest BCUT2D eigenvalue weighted by Crippen LogP contribution is 2.43. The standard InChI is InChI=1S/C22H27ClN2O7.C20H25ClN2O5/c1-4-32-21(28)20-16(12-31-10-9-24-22(29)30-3)25-13(2)18(17(27)11-26)19(20)14-7-5-6-8-15(14)23;1-3-28-20(26)19-15(11-27-9-8-22)23-12(2)17(16(25)10-24)18(19)13-6-4-5-7-14(13)21/h5-8,19,25-26H,4,9-12H2,1-3H3,(H,24,29);4-7,18,23-24H,3,8-11,22H2,1-2H3. The number of methoxy groups -OCH3 is 1. The largest absolute Gasteiger partial charge is 0.463 e. The number of esters is 2. The lowest BCUT2D eigenvalue weighted by atomic mass is 9.78. The third-order valence-electron chi connectivity index (χ3n) is 9.06. The summed E-state index contributed by atoms with van der Waals surface area (Å²) in [5.41, 5.74) is 9.33. The number of rotatable bonds is 19. The van der Waals surface area contributed by atoms with Crippen molar-refractivity contribution in [3.05, 3.63) is 115 Å². The van der Waals surface area contributed by atoms with Crippen LogP contribution in [-0.2, 0) is 42.9 Å². The van der Waals surface area contributed by atoms with Crippen LogP contribution in [0.5, 0.6) is 0 Å². The highest BCUT2D eigenvalue weighted by molar-refractivity contribution is 6.32. The van der Waals surface area contributed by atoms with Crippen molar-refractivity contribution in [1.29, 1.82) is 0 Å². The second-order valence-corrected chi connectivity index (χ2v) is 13.8. The Hall–Kier alpha value is -5.07. The van der Waals surface area contributed by atoms with Crippen molar-refractivity contribution in [3.8, 4) is 0 Å². The summed E-state index contributed by atoms with van der Waals surface area (Å²) >= 11 is 12.8. The molecule has 18 heteroatoms.